The summed E-state index contributed by atoms with van der Waals surface area (Å²) in [7, 11) is 4.03. The summed E-state index contributed by atoms with van der Waals surface area (Å²) in [6, 6.07) is 0.110. The van der Waals surface area contributed by atoms with Gasteiger partial charge in [-0.25, -0.2) is 4.98 Å². The lowest BCUT2D eigenvalue weighted by Gasteiger charge is -2.16. The second-order valence-electron chi connectivity index (χ2n) is 5.18. The maximum absolute atomic E-state index is 12.1. The molecule has 0 saturated heterocycles. The Morgan fingerprint density at radius 3 is 2.80 bits per heavy atom. The van der Waals surface area contributed by atoms with Gasteiger partial charge in [0.05, 0.1) is 12.4 Å². The number of aromatic nitrogens is 2. The second-order valence-corrected chi connectivity index (χ2v) is 5.18. The SMILES string of the molecule is CCCNc1cncc(C(=O)NC(C)CCN(C)C)n1. The molecule has 0 aromatic carbocycles. The Labute approximate surface area is 121 Å². The number of carbonyl (C=O) groups excluding carboxylic acids is 1. The summed E-state index contributed by atoms with van der Waals surface area (Å²) in [6.45, 7) is 5.82. The summed E-state index contributed by atoms with van der Waals surface area (Å²) in [4.78, 5) is 22.5. The third kappa shape index (κ3) is 5.97. The molecule has 0 aliphatic carbocycles. The van der Waals surface area contributed by atoms with Crippen LogP contribution in [-0.2, 0) is 0 Å². The predicted molar refractivity (Wildman–Crippen MR) is 80.9 cm³/mol. The van der Waals surface area contributed by atoms with Crippen molar-refractivity contribution >= 4 is 11.7 Å². The van der Waals surface area contributed by atoms with E-state index in [2.05, 4.69) is 32.4 Å². The molecule has 6 heteroatoms. The largest absolute Gasteiger partial charge is 0.369 e. The molecule has 0 spiro atoms. The minimum atomic E-state index is -0.177. The van der Waals surface area contributed by atoms with Crippen molar-refractivity contribution in [2.24, 2.45) is 0 Å². The average molecular weight is 279 g/mol. The van der Waals surface area contributed by atoms with E-state index in [0.717, 1.165) is 25.9 Å². The van der Waals surface area contributed by atoms with Crippen LogP contribution in [0.25, 0.3) is 0 Å². The van der Waals surface area contributed by atoms with Crippen molar-refractivity contribution in [1.29, 1.82) is 0 Å². The number of amides is 1. The van der Waals surface area contributed by atoms with Crippen LogP contribution in [0.15, 0.2) is 12.4 Å². The highest BCUT2D eigenvalue weighted by atomic mass is 16.1. The van der Waals surface area contributed by atoms with Crippen molar-refractivity contribution < 1.29 is 4.79 Å². The van der Waals surface area contributed by atoms with Gasteiger partial charge in [0.15, 0.2) is 0 Å². The van der Waals surface area contributed by atoms with Crippen LogP contribution in [0.2, 0.25) is 0 Å². The molecule has 112 valence electrons. The van der Waals surface area contributed by atoms with Gasteiger partial charge in [0.1, 0.15) is 11.5 Å². The normalized spacial score (nSPS) is 12.2. The van der Waals surface area contributed by atoms with Crippen LogP contribution >= 0.6 is 0 Å². The molecule has 1 unspecified atom stereocenters. The zero-order valence-corrected chi connectivity index (χ0v) is 12.8. The highest BCUT2D eigenvalue weighted by Gasteiger charge is 2.12. The van der Waals surface area contributed by atoms with Crippen LogP contribution < -0.4 is 10.6 Å². The molecule has 0 aliphatic rings. The number of hydrogen-bond acceptors (Lipinski definition) is 5. The highest BCUT2D eigenvalue weighted by Crippen LogP contribution is 2.03. The molecule has 1 atom stereocenters. The van der Waals surface area contributed by atoms with Gasteiger partial charge < -0.3 is 15.5 Å². The molecule has 0 saturated carbocycles. The first-order valence-corrected chi connectivity index (χ1v) is 7.04. The zero-order valence-electron chi connectivity index (χ0n) is 12.8. The molecule has 0 bridgehead atoms. The van der Waals surface area contributed by atoms with Gasteiger partial charge >= 0.3 is 0 Å². The molecule has 1 aromatic heterocycles. The molecule has 1 rings (SSSR count). The van der Waals surface area contributed by atoms with E-state index < -0.39 is 0 Å². The van der Waals surface area contributed by atoms with E-state index in [1.54, 1.807) is 6.20 Å². The minimum Gasteiger partial charge on any atom is -0.369 e. The van der Waals surface area contributed by atoms with E-state index in [0.29, 0.717) is 11.5 Å². The van der Waals surface area contributed by atoms with Crippen molar-refractivity contribution in [3.63, 3.8) is 0 Å². The molecule has 1 amide bonds. The first-order chi connectivity index (χ1) is 9.52. The number of carbonyl (C=O) groups is 1. The number of nitrogens with one attached hydrogen (secondary N) is 2. The summed E-state index contributed by atoms with van der Waals surface area (Å²) in [5.41, 5.74) is 0.350. The van der Waals surface area contributed by atoms with E-state index >= 15 is 0 Å². The molecule has 20 heavy (non-hydrogen) atoms. The summed E-state index contributed by atoms with van der Waals surface area (Å²) < 4.78 is 0. The minimum absolute atomic E-state index is 0.110. The van der Waals surface area contributed by atoms with Gasteiger partial charge in [0, 0.05) is 12.6 Å². The maximum atomic E-state index is 12.1. The van der Waals surface area contributed by atoms with E-state index in [1.165, 1.54) is 6.20 Å². The lowest BCUT2D eigenvalue weighted by molar-refractivity contribution is 0.0931. The molecule has 0 fully saturated rings. The molecule has 1 aromatic rings. The van der Waals surface area contributed by atoms with Crippen LogP contribution in [0, 0.1) is 0 Å². The maximum Gasteiger partial charge on any atom is 0.271 e. The van der Waals surface area contributed by atoms with Crippen LogP contribution in [0.4, 0.5) is 5.82 Å². The van der Waals surface area contributed by atoms with Gasteiger partial charge in [-0.05, 0) is 40.4 Å². The monoisotopic (exact) mass is 279 g/mol. The average Bonchev–Trinajstić information content (AvgIpc) is 2.43. The van der Waals surface area contributed by atoms with Gasteiger partial charge in [-0.2, -0.15) is 0 Å². The Hall–Kier alpha value is -1.69. The summed E-state index contributed by atoms with van der Waals surface area (Å²) >= 11 is 0. The van der Waals surface area contributed by atoms with Gasteiger partial charge in [-0.3, -0.25) is 9.78 Å². The summed E-state index contributed by atoms with van der Waals surface area (Å²) in [5.74, 6) is 0.462. The molecule has 6 nitrogen and oxygen atoms in total. The van der Waals surface area contributed by atoms with Crippen molar-refractivity contribution in [3.8, 4) is 0 Å². The number of anilines is 1. The first kappa shape index (κ1) is 16.4. The molecular weight excluding hydrogens is 254 g/mol. The lowest BCUT2D eigenvalue weighted by atomic mass is 10.2. The molecule has 0 aliphatic heterocycles. The Kier molecular flexibility index (Phi) is 6.93. The Bertz CT molecular complexity index is 422. The Balaban J connectivity index is 2.54. The van der Waals surface area contributed by atoms with Gasteiger partial charge in [0.25, 0.3) is 5.91 Å². The smallest absolute Gasteiger partial charge is 0.271 e. The highest BCUT2D eigenvalue weighted by molar-refractivity contribution is 5.92. The summed E-state index contributed by atoms with van der Waals surface area (Å²) in [5, 5.41) is 6.06. The van der Waals surface area contributed by atoms with Crippen molar-refractivity contribution in [1.82, 2.24) is 20.2 Å². The standard InChI is InChI=1S/C14H25N5O/c1-5-7-16-13-10-15-9-12(18-13)14(20)17-11(2)6-8-19(3)4/h9-11H,5-8H2,1-4H3,(H,16,18)(H,17,20). The van der Waals surface area contributed by atoms with Crippen LogP contribution in [0.5, 0.6) is 0 Å². The van der Waals surface area contributed by atoms with Gasteiger partial charge in [-0.15, -0.1) is 0 Å². The fraction of sp³-hybridized carbons (Fsp3) is 0.643. The van der Waals surface area contributed by atoms with Crippen molar-refractivity contribution in [2.45, 2.75) is 32.7 Å². The molecule has 1 heterocycles. The topological polar surface area (TPSA) is 70.2 Å². The number of rotatable bonds is 8. The van der Waals surface area contributed by atoms with Gasteiger partial charge in [0.2, 0.25) is 0 Å². The van der Waals surface area contributed by atoms with E-state index in [-0.39, 0.29) is 11.9 Å². The lowest BCUT2D eigenvalue weighted by Crippen LogP contribution is -2.35. The Morgan fingerprint density at radius 1 is 1.40 bits per heavy atom. The number of nitrogens with zero attached hydrogens (tertiary/aromatic N) is 3. The fourth-order valence-electron chi connectivity index (χ4n) is 1.64. The third-order valence-corrected chi connectivity index (χ3v) is 2.81. The van der Waals surface area contributed by atoms with Crippen molar-refractivity contribution in [3.05, 3.63) is 18.1 Å². The molecule has 0 radical (unpaired) electrons. The van der Waals surface area contributed by atoms with Crippen LogP contribution in [-0.4, -0.2) is 54.0 Å². The first-order valence-electron chi connectivity index (χ1n) is 7.04. The summed E-state index contributed by atoms with van der Waals surface area (Å²) in [6.07, 6.45) is 5.02. The van der Waals surface area contributed by atoms with E-state index in [4.69, 9.17) is 0 Å². The van der Waals surface area contributed by atoms with Gasteiger partial charge in [-0.1, -0.05) is 6.92 Å². The molecule has 2 N–H and O–H groups in total. The fourth-order valence-corrected chi connectivity index (χ4v) is 1.64. The molecular formula is C14H25N5O. The van der Waals surface area contributed by atoms with Crippen molar-refractivity contribution in [2.75, 3.05) is 32.5 Å². The predicted octanol–water partition coefficient (Wildman–Crippen LogP) is 1.37. The van der Waals surface area contributed by atoms with Crippen LogP contribution in [0.3, 0.4) is 0 Å². The third-order valence-electron chi connectivity index (χ3n) is 2.81. The second kappa shape index (κ2) is 8.47. The van der Waals surface area contributed by atoms with E-state index in [1.807, 2.05) is 21.0 Å². The quantitative estimate of drug-likeness (QED) is 0.752. The van der Waals surface area contributed by atoms with E-state index in [9.17, 15) is 4.79 Å². The zero-order chi connectivity index (χ0) is 15.0. The Morgan fingerprint density at radius 2 is 2.15 bits per heavy atom. The number of hydrogen-bond donors (Lipinski definition) is 2. The van der Waals surface area contributed by atoms with Crippen LogP contribution in [0.1, 0.15) is 37.2 Å².